The van der Waals surface area contributed by atoms with Gasteiger partial charge in [-0.25, -0.2) is 0 Å². The highest BCUT2D eigenvalue weighted by atomic mass is 35.5. The highest BCUT2D eigenvalue weighted by Crippen LogP contribution is 2.28. The molecule has 1 unspecified atom stereocenters. The van der Waals surface area contributed by atoms with Gasteiger partial charge in [0.25, 0.3) is 0 Å². The number of ether oxygens (including phenoxy) is 1. The maximum Gasteiger partial charge on any atom is 0.240 e. The van der Waals surface area contributed by atoms with E-state index in [0.29, 0.717) is 13.2 Å². The quantitative estimate of drug-likeness (QED) is 0.693. The smallest absolute Gasteiger partial charge is 0.240 e. The fourth-order valence-electron chi connectivity index (χ4n) is 2.40. The molecule has 106 valence electrons. The van der Waals surface area contributed by atoms with E-state index < -0.39 is 0 Å². The van der Waals surface area contributed by atoms with Gasteiger partial charge in [0.05, 0.1) is 12.1 Å². The van der Waals surface area contributed by atoms with Crippen LogP contribution in [0.2, 0.25) is 0 Å². The molecule has 1 saturated carbocycles. The number of nitrogens with one attached hydrogen (secondary N) is 2. The summed E-state index contributed by atoms with van der Waals surface area (Å²) in [6.07, 6.45) is 5.55. The first-order valence-electron chi connectivity index (χ1n) is 6.88. The van der Waals surface area contributed by atoms with Crippen LogP contribution < -0.4 is 10.6 Å². The van der Waals surface area contributed by atoms with Crippen LogP contribution in [-0.4, -0.2) is 37.7 Å². The van der Waals surface area contributed by atoms with Gasteiger partial charge in [-0.2, -0.15) is 0 Å². The highest BCUT2D eigenvalue weighted by Gasteiger charge is 2.38. The summed E-state index contributed by atoms with van der Waals surface area (Å²) in [6.45, 7) is 5.17. The molecule has 18 heavy (non-hydrogen) atoms. The number of carbonyl (C=O) groups is 1. The lowest BCUT2D eigenvalue weighted by molar-refractivity contribution is -0.127. The van der Waals surface area contributed by atoms with E-state index in [-0.39, 0.29) is 23.9 Å². The molecule has 0 aromatic carbocycles. The minimum Gasteiger partial charge on any atom is -0.379 e. The molecule has 5 heteroatoms. The Hall–Kier alpha value is -0.320. The van der Waals surface area contributed by atoms with Gasteiger partial charge in [-0.15, -0.1) is 12.4 Å². The molecular formula is C13H25ClN2O2. The van der Waals surface area contributed by atoms with Gasteiger partial charge in [0.1, 0.15) is 0 Å². The molecule has 1 saturated heterocycles. The van der Waals surface area contributed by atoms with E-state index >= 15 is 0 Å². The molecule has 4 nitrogen and oxygen atoms in total. The molecule has 2 fully saturated rings. The molecule has 2 rings (SSSR count). The molecule has 2 aliphatic rings. The topological polar surface area (TPSA) is 50.4 Å². The molecule has 1 heterocycles. The average molecular weight is 277 g/mol. The monoisotopic (exact) mass is 276 g/mol. The van der Waals surface area contributed by atoms with Crippen molar-refractivity contribution in [1.29, 1.82) is 0 Å². The van der Waals surface area contributed by atoms with E-state index in [0.717, 1.165) is 38.3 Å². The summed E-state index contributed by atoms with van der Waals surface area (Å²) in [4.78, 5) is 12.1. The van der Waals surface area contributed by atoms with Gasteiger partial charge in [-0.3, -0.25) is 4.79 Å². The first-order chi connectivity index (χ1) is 8.27. The lowest BCUT2D eigenvalue weighted by Crippen LogP contribution is -2.53. The normalized spacial score (nSPS) is 26.7. The van der Waals surface area contributed by atoms with Crippen molar-refractivity contribution in [3.63, 3.8) is 0 Å². The Bertz CT molecular complexity index is 264. The van der Waals surface area contributed by atoms with Crippen LogP contribution in [0.4, 0.5) is 0 Å². The lowest BCUT2D eigenvalue weighted by Gasteiger charge is -2.26. The highest BCUT2D eigenvalue weighted by molar-refractivity contribution is 5.86. The number of carbonyl (C=O) groups excluding carboxylic acids is 1. The van der Waals surface area contributed by atoms with Crippen molar-refractivity contribution >= 4 is 18.3 Å². The summed E-state index contributed by atoms with van der Waals surface area (Å²) < 4.78 is 5.50. The Morgan fingerprint density at radius 1 is 1.50 bits per heavy atom. The van der Waals surface area contributed by atoms with Gasteiger partial charge < -0.3 is 15.4 Å². The van der Waals surface area contributed by atoms with Crippen molar-refractivity contribution in [3.05, 3.63) is 0 Å². The van der Waals surface area contributed by atoms with E-state index in [1.807, 2.05) is 0 Å². The first kappa shape index (κ1) is 15.7. The predicted molar refractivity (Wildman–Crippen MR) is 74.1 cm³/mol. The molecule has 1 aliphatic carbocycles. The Morgan fingerprint density at radius 2 is 2.28 bits per heavy atom. The molecule has 1 atom stereocenters. The molecule has 0 spiro atoms. The van der Waals surface area contributed by atoms with Gasteiger partial charge in [0, 0.05) is 13.2 Å². The van der Waals surface area contributed by atoms with Gasteiger partial charge in [0.15, 0.2) is 0 Å². The molecule has 0 radical (unpaired) electrons. The van der Waals surface area contributed by atoms with E-state index in [9.17, 15) is 4.79 Å². The summed E-state index contributed by atoms with van der Waals surface area (Å²) in [6, 6.07) is 0. The van der Waals surface area contributed by atoms with Crippen LogP contribution in [0.1, 0.15) is 39.0 Å². The second-order valence-electron chi connectivity index (χ2n) is 5.24. The fraction of sp³-hybridized carbons (Fsp3) is 0.923. The standard InChI is InChI=1S/C13H24N2O2.ClH/c1-2-13(6-3-7-15-13)12(16)14-8-9-17-10-11-4-5-11;/h11,15H,2-10H2,1H3,(H,14,16);1H. The number of amides is 1. The van der Waals surface area contributed by atoms with Gasteiger partial charge in [-0.05, 0) is 44.6 Å². The minimum absolute atomic E-state index is 0. The summed E-state index contributed by atoms with van der Waals surface area (Å²) in [5.41, 5.74) is -0.309. The second-order valence-corrected chi connectivity index (χ2v) is 5.24. The minimum atomic E-state index is -0.309. The van der Waals surface area contributed by atoms with Crippen molar-refractivity contribution in [2.45, 2.75) is 44.6 Å². The summed E-state index contributed by atoms with van der Waals surface area (Å²) in [5.74, 6) is 0.941. The molecule has 0 aromatic heterocycles. The molecule has 1 amide bonds. The van der Waals surface area contributed by atoms with E-state index in [4.69, 9.17) is 4.74 Å². The molecule has 0 bridgehead atoms. The van der Waals surface area contributed by atoms with E-state index in [2.05, 4.69) is 17.6 Å². The van der Waals surface area contributed by atoms with Crippen molar-refractivity contribution in [2.24, 2.45) is 5.92 Å². The van der Waals surface area contributed by atoms with Gasteiger partial charge in [-0.1, -0.05) is 6.92 Å². The lowest BCUT2D eigenvalue weighted by atomic mass is 9.93. The Morgan fingerprint density at radius 3 is 2.83 bits per heavy atom. The van der Waals surface area contributed by atoms with Crippen molar-refractivity contribution in [1.82, 2.24) is 10.6 Å². The molecule has 1 aliphatic heterocycles. The van der Waals surface area contributed by atoms with E-state index in [1.165, 1.54) is 12.8 Å². The van der Waals surface area contributed by atoms with Crippen LogP contribution in [-0.2, 0) is 9.53 Å². The zero-order chi connectivity index (χ0) is 12.1. The van der Waals surface area contributed by atoms with Crippen molar-refractivity contribution in [3.8, 4) is 0 Å². The SMILES string of the molecule is CCC1(C(=O)NCCOCC2CC2)CCCN1.Cl. The molecule has 2 N–H and O–H groups in total. The van der Waals surface area contributed by atoms with Crippen LogP contribution >= 0.6 is 12.4 Å². The third kappa shape index (κ3) is 4.11. The van der Waals surface area contributed by atoms with Crippen LogP contribution in [0.25, 0.3) is 0 Å². The van der Waals surface area contributed by atoms with Crippen molar-refractivity contribution < 1.29 is 9.53 Å². The van der Waals surface area contributed by atoms with Crippen LogP contribution in [0.15, 0.2) is 0 Å². The summed E-state index contributed by atoms with van der Waals surface area (Å²) in [5, 5.41) is 6.32. The number of hydrogen-bond donors (Lipinski definition) is 2. The predicted octanol–water partition coefficient (Wildman–Crippen LogP) is 1.48. The maximum atomic E-state index is 12.1. The zero-order valence-electron chi connectivity index (χ0n) is 11.2. The van der Waals surface area contributed by atoms with Gasteiger partial charge >= 0.3 is 0 Å². The average Bonchev–Trinajstić information content (AvgIpc) is 3.04. The van der Waals surface area contributed by atoms with Crippen LogP contribution in [0.5, 0.6) is 0 Å². The summed E-state index contributed by atoms with van der Waals surface area (Å²) >= 11 is 0. The number of halogens is 1. The zero-order valence-corrected chi connectivity index (χ0v) is 12.0. The Kier molecular flexibility index (Phi) is 6.39. The van der Waals surface area contributed by atoms with Crippen LogP contribution in [0, 0.1) is 5.92 Å². The number of hydrogen-bond acceptors (Lipinski definition) is 3. The third-order valence-corrected chi connectivity index (χ3v) is 3.86. The van der Waals surface area contributed by atoms with E-state index in [1.54, 1.807) is 0 Å². The Balaban J connectivity index is 0.00000162. The number of rotatable bonds is 7. The Labute approximate surface area is 116 Å². The van der Waals surface area contributed by atoms with Crippen LogP contribution in [0.3, 0.4) is 0 Å². The molecule has 0 aromatic rings. The largest absolute Gasteiger partial charge is 0.379 e. The second kappa shape index (κ2) is 7.31. The van der Waals surface area contributed by atoms with Gasteiger partial charge in [0.2, 0.25) is 5.91 Å². The maximum absolute atomic E-state index is 12.1. The molecular weight excluding hydrogens is 252 g/mol. The summed E-state index contributed by atoms with van der Waals surface area (Å²) in [7, 11) is 0. The van der Waals surface area contributed by atoms with Crippen molar-refractivity contribution in [2.75, 3.05) is 26.3 Å². The first-order valence-corrected chi connectivity index (χ1v) is 6.88. The fourth-order valence-corrected chi connectivity index (χ4v) is 2.40. The third-order valence-electron chi connectivity index (χ3n) is 3.86.